The van der Waals surface area contributed by atoms with Crippen LogP contribution in [-0.4, -0.2) is 18.4 Å². The van der Waals surface area contributed by atoms with Crippen LogP contribution in [0.3, 0.4) is 0 Å². The number of fused-ring (bicyclic) bond motifs is 1. The molecule has 0 saturated carbocycles. The van der Waals surface area contributed by atoms with Gasteiger partial charge in [0.2, 0.25) is 5.91 Å². The third-order valence-electron chi connectivity index (χ3n) is 2.49. The van der Waals surface area contributed by atoms with E-state index < -0.39 is 0 Å². The van der Waals surface area contributed by atoms with Gasteiger partial charge in [-0.3, -0.25) is 9.59 Å². The molecule has 0 radical (unpaired) electrons. The molecule has 0 saturated heterocycles. The first kappa shape index (κ1) is 11.4. The second kappa shape index (κ2) is 4.86. The van der Waals surface area contributed by atoms with Crippen molar-refractivity contribution >= 4 is 17.5 Å². The summed E-state index contributed by atoms with van der Waals surface area (Å²) in [5.74, 6) is 0.509. The molecule has 1 aliphatic heterocycles. The summed E-state index contributed by atoms with van der Waals surface area (Å²) in [4.78, 5) is 22.2. The standard InChI is InChI=1S/C12H14N2O3/c1-2-11(15)13-6-8-3-4-9-10(5-8)17-7-12(16)14-9/h3-5H,2,6-7H2,1H3,(H,13,15)(H,14,16). The van der Waals surface area contributed by atoms with Crippen LogP contribution in [-0.2, 0) is 16.1 Å². The predicted octanol–water partition coefficient (Wildman–Crippen LogP) is 1.04. The first-order chi connectivity index (χ1) is 8.19. The lowest BCUT2D eigenvalue weighted by atomic mass is 10.1. The van der Waals surface area contributed by atoms with Gasteiger partial charge < -0.3 is 15.4 Å². The van der Waals surface area contributed by atoms with E-state index in [0.29, 0.717) is 24.4 Å². The molecule has 1 aromatic rings. The Bertz CT molecular complexity index is 457. The van der Waals surface area contributed by atoms with Crippen LogP contribution in [0.4, 0.5) is 5.69 Å². The summed E-state index contributed by atoms with van der Waals surface area (Å²) < 4.78 is 5.28. The summed E-state index contributed by atoms with van der Waals surface area (Å²) in [5, 5.41) is 5.49. The molecule has 0 fully saturated rings. The lowest BCUT2D eigenvalue weighted by Crippen LogP contribution is -2.26. The number of nitrogens with one attached hydrogen (secondary N) is 2. The normalized spacial score (nSPS) is 13.4. The van der Waals surface area contributed by atoms with E-state index in [0.717, 1.165) is 5.56 Å². The molecular formula is C12H14N2O3. The summed E-state index contributed by atoms with van der Waals surface area (Å²) in [5.41, 5.74) is 1.62. The summed E-state index contributed by atoms with van der Waals surface area (Å²) in [6, 6.07) is 5.45. The van der Waals surface area contributed by atoms with E-state index >= 15 is 0 Å². The average molecular weight is 234 g/mol. The molecule has 0 atom stereocenters. The topological polar surface area (TPSA) is 67.4 Å². The summed E-state index contributed by atoms with van der Waals surface area (Å²) >= 11 is 0. The van der Waals surface area contributed by atoms with Gasteiger partial charge in [0.1, 0.15) is 5.75 Å². The van der Waals surface area contributed by atoms with Crippen LogP contribution in [0.2, 0.25) is 0 Å². The smallest absolute Gasteiger partial charge is 0.262 e. The molecule has 1 aliphatic rings. The molecule has 2 N–H and O–H groups in total. The highest BCUT2D eigenvalue weighted by atomic mass is 16.5. The van der Waals surface area contributed by atoms with Gasteiger partial charge in [-0.15, -0.1) is 0 Å². The number of carbonyl (C=O) groups excluding carboxylic acids is 2. The molecule has 5 nitrogen and oxygen atoms in total. The largest absolute Gasteiger partial charge is 0.482 e. The third kappa shape index (κ3) is 2.75. The van der Waals surface area contributed by atoms with Crippen LogP contribution in [0.15, 0.2) is 18.2 Å². The van der Waals surface area contributed by atoms with Crippen molar-refractivity contribution in [2.75, 3.05) is 11.9 Å². The lowest BCUT2D eigenvalue weighted by molar-refractivity contribution is -0.121. The maximum Gasteiger partial charge on any atom is 0.262 e. The molecule has 0 unspecified atom stereocenters. The Morgan fingerprint density at radius 3 is 3.12 bits per heavy atom. The van der Waals surface area contributed by atoms with Crippen LogP contribution in [0.1, 0.15) is 18.9 Å². The van der Waals surface area contributed by atoms with E-state index in [1.807, 2.05) is 12.1 Å². The molecule has 1 aromatic carbocycles. The van der Waals surface area contributed by atoms with Crippen molar-refractivity contribution in [2.24, 2.45) is 0 Å². The van der Waals surface area contributed by atoms with E-state index in [-0.39, 0.29) is 18.4 Å². The summed E-state index contributed by atoms with van der Waals surface area (Å²) in [6.07, 6.45) is 0.470. The highest BCUT2D eigenvalue weighted by Crippen LogP contribution is 2.28. The number of amides is 2. The number of rotatable bonds is 3. The van der Waals surface area contributed by atoms with Gasteiger partial charge in [-0.1, -0.05) is 13.0 Å². The Balaban J connectivity index is 2.06. The van der Waals surface area contributed by atoms with E-state index in [2.05, 4.69) is 10.6 Å². The van der Waals surface area contributed by atoms with E-state index in [1.165, 1.54) is 0 Å². The number of hydrogen-bond donors (Lipinski definition) is 2. The fourth-order valence-electron chi connectivity index (χ4n) is 1.55. The lowest BCUT2D eigenvalue weighted by Gasteiger charge is -2.18. The Morgan fingerprint density at radius 2 is 2.35 bits per heavy atom. The Hall–Kier alpha value is -2.04. The predicted molar refractivity (Wildman–Crippen MR) is 62.7 cm³/mol. The number of benzene rings is 1. The van der Waals surface area contributed by atoms with E-state index in [4.69, 9.17) is 4.74 Å². The Labute approximate surface area is 99.2 Å². The van der Waals surface area contributed by atoms with Crippen LogP contribution in [0, 0.1) is 0 Å². The van der Waals surface area contributed by atoms with Gasteiger partial charge >= 0.3 is 0 Å². The number of ether oxygens (including phenoxy) is 1. The third-order valence-corrected chi connectivity index (χ3v) is 2.49. The van der Waals surface area contributed by atoms with Crippen LogP contribution < -0.4 is 15.4 Å². The van der Waals surface area contributed by atoms with E-state index in [1.54, 1.807) is 13.0 Å². The maximum atomic E-state index is 11.1. The molecule has 17 heavy (non-hydrogen) atoms. The second-order valence-corrected chi connectivity index (χ2v) is 3.80. The molecule has 0 aliphatic carbocycles. The van der Waals surface area contributed by atoms with Gasteiger partial charge in [-0.05, 0) is 17.7 Å². The van der Waals surface area contributed by atoms with Crippen molar-refractivity contribution in [1.29, 1.82) is 0 Å². The van der Waals surface area contributed by atoms with Crippen LogP contribution in [0.5, 0.6) is 5.75 Å². The van der Waals surface area contributed by atoms with Crippen molar-refractivity contribution in [2.45, 2.75) is 19.9 Å². The summed E-state index contributed by atoms with van der Waals surface area (Å²) in [6.45, 7) is 2.32. The summed E-state index contributed by atoms with van der Waals surface area (Å²) in [7, 11) is 0. The van der Waals surface area contributed by atoms with Crippen LogP contribution >= 0.6 is 0 Å². The van der Waals surface area contributed by atoms with Crippen molar-refractivity contribution < 1.29 is 14.3 Å². The zero-order chi connectivity index (χ0) is 12.3. The van der Waals surface area contributed by atoms with Crippen LogP contribution in [0.25, 0.3) is 0 Å². The molecule has 2 amide bonds. The van der Waals surface area contributed by atoms with Gasteiger partial charge in [0, 0.05) is 13.0 Å². The van der Waals surface area contributed by atoms with Crippen molar-refractivity contribution in [1.82, 2.24) is 5.32 Å². The quantitative estimate of drug-likeness (QED) is 0.821. The fraction of sp³-hybridized carbons (Fsp3) is 0.333. The van der Waals surface area contributed by atoms with Crippen molar-refractivity contribution in [3.05, 3.63) is 23.8 Å². The van der Waals surface area contributed by atoms with Gasteiger partial charge in [-0.2, -0.15) is 0 Å². The minimum atomic E-state index is -0.149. The molecule has 5 heteroatoms. The van der Waals surface area contributed by atoms with Gasteiger partial charge in [0.25, 0.3) is 5.91 Å². The fourth-order valence-corrected chi connectivity index (χ4v) is 1.55. The molecule has 2 rings (SSSR count). The minimum absolute atomic E-state index is 0.0111. The monoisotopic (exact) mass is 234 g/mol. The second-order valence-electron chi connectivity index (χ2n) is 3.80. The zero-order valence-electron chi connectivity index (χ0n) is 9.58. The number of carbonyl (C=O) groups is 2. The first-order valence-corrected chi connectivity index (χ1v) is 5.51. The highest BCUT2D eigenvalue weighted by molar-refractivity contribution is 5.95. The SMILES string of the molecule is CCC(=O)NCc1ccc2c(c1)OCC(=O)N2. The molecular weight excluding hydrogens is 220 g/mol. The number of hydrogen-bond acceptors (Lipinski definition) is 3. The molecule has 1 heterocycles. The highest BCUT2D eigenvalue weighted by Gasteiger charge is 2.15. The van der Waals surface area contributed by atoms with Crippen molar-refractivity contribution in [3.8, 4) is 5.75 Å². The van der Waals surface area contributed by atoms with Gasteiger partial charge in [-0.25, -0.2) is 0 Å². The Kier molecular flexibility index (Phi) is 3.27. The average Bonchev–Trinajstić information content (AvgIpc) is 2.35. The molecule has 90 valence electrons. The maximum absolute atomic E-state index is 11.1. The molecule has 0 spiro atoms. The zero-order valence-corrected chi connectivity index (χ0v) is 9.58. The van der Waals surface area contributed by atoms with Gasteiger partial charge in [0.05, 0.1) is 5.69 Å². The Morgan fingerprint density at radius 1 is 1.53 bits per heavy atom. The first-order valence-electron chi connectivity index (χ1n) is 5.51. The molecule has 0 aromatic heterocycles. The number of anilines is 1. The minimum Gasteiger partial charge on any atom is -0.482 e. The molecule has 0 bridgehead atoms. The van der Waals surface area contributed by atoms with Crippen molar-refractivity contribution in [3.63, 3.8) is 0 Å². The van der Waals surface area contributed by atoms with Gasteiger partial charge in [0.15, 0.2) is 6.61 Å². The van der Waals surface area contributed by atoms with E-state index in [9.17, 15) is 9.59 Å².